The van der Waals surface area contributed by atoms with E-state index in [9.17, 15) is 19.8 Å². The van der Waals surface area contributed by atoms with Gasteiger partial charge in [0.2, 0.25) is 0 Å². The van der Waals surface area contributed by atoms with Crippen molar-refractivity contribution in [3.63, 3.8) is 0 Å². The number of aliphatic hydroxyl groups is 2. The molecule has 0 aromatic carbocycles. The topological polar surface area (TPSA) is 93.1 Å². The Morgan fingerprint density at radius 3 is 1.54 bits per heavy atom. The van der Waals surface area contributed by atoms with E-state index in [-0.39, 0.29) is 18.2 Å². The van der Waals surface area contributed by atoms with E-state index in [1.165, 1.54) is 0 Å². The van der Waals surface area contributed by atoms with Gasteiger partial charge in [0.1, 0.15) is 12.2 Å². The summed E-state index contributed by atoms with van der Waals surface area (Å²) in [6, 6.07) is 0. The lowest BCUT2D eigenvalue weighted by molar-refractivity contribution is -0.161. The van der Waals surface area contributed by atoms with Crippen molar-refractivity contribution in [1.29, 1.82) is 0 Å². The van der Waals surface area contributed by atoms with Gasteiger partial charge in [-0.05, 0) is 68.7 Å². The molecule has 0 bridgehead atoms. The molecule has 0 aliphatic carbocycles. The number of carbonyl (C=O) groups excluding carboxylic acids is 2. The molecule has 6 heteroatoms. The third-order valence-electron chi connectivity index (χ3n) is 3.98. The second-order valence-electron chi connectivity index (χ2n) is 9.48. The van der Waals surface area contributed by atoms with Crippen molar-refractivity contribution >= 4 is 11.9 Å². The van der Waals surface area contributed by atoms with Crippen molar-refractivity contribution < 1.29 is 29.3 Å². The van der Waals surface area contributed by atoms with Crippen LogP contribution >= 0.6 is 0 Å². The summed E-state index contributed by atoms with van der Waals surface area (Å²) in [5.41, 5.74) is -1.67. The van der Waals surface area contributed by atoms with Crippen LogP contribution in [0.25, 0.3) is 0 Å². The van der Waals surface area contributed by atoms with Crippen LogP contribution in [0.4, 0.5) is 0 Å². The van der Waals surface area contributed by atoms with Crippen LogP contribution in [0.2, 0.25) is 0 Å². The molecule has 0 amide bonds. The summed E-state index contributed by atoms with van der Waals surface area (Å²) in [5.74, 6) is -0.599. The minimum Gasteiger partial charge on any atom is -0.462 e. The first-order chi connectivity index (χ1) is 12.3. The Labute approximate surface area is 171 Å². The van der Waals surface area contributed by atoms with Gasteiger partial charge in [0.15, 0.2) is 0 Å². The normalized spacial score (nSPS) is 14.3. The fourth-order valence-corrected chi connectivity index (χ4v) is 2.26. The Morgan fingerprint density at radius 2 is 1.25 bits per heavy atom. The standard InChI is InChI=1S/C12H24O3.C10H18O3/c1-7-11(3,4)10(13)15-9(2)8-12(5,6)14;1-7(2)9(11)13-8(3)6-10(4,5)12/h9,14H,7-8H2,1-6H3;8,12H,1,6H2,2-5H3. The fourth-order valence-electron chi connectivity index (χ4n) is 2.26. The number of ether oxygens (including phenoxy) is 2. The highest BCUT2D eigenvalue weighted by Crippen LogP contribution is 2.23. The van der Waals surface area contributed by atoms with Gasteiger partial charge in [-0.1, -0.05) is 13.5 Å². The minimum absolute atomic E-state index is 0.193. The van der Waals surface area contributed by atoms with E-state index in [1.54, 1.807) is 41.5 Å². The fraction of sp³-hybridized carbons (Fsp3) is 0.818. The van der Waals surface area contributed by atoms with Gasteiger partial charge in [-0.3, -0.25) is 4.79 Å². The van der Waals surface area contributed by atoms with Gasteiger partial charge in [0, 0.05) is 18.4 Å². The maximum absolute atomic E-state index is 11.7. The van der Waals surface area contributed by atoms with Crippen LogP contribution < -0.4 is 0 Å². The molecular formula is C22H42O6. The molecule has 0 saturated carbocycles. The van der Waals surface area contributed by atoms with Gasteiger partial charge in [-0.2, -0.15) is 0 Å². The lowest BCUT2D eigenvalue weighted by atomic mass is 9.90. The second-order valence-corrected chi connectivity index (χ2v) is 9.48. The van der Waals surface area contributed by atoms with E-state index in [0.717, 1.165) is 6.42 Å². The zero-order valence-corrected chi connectivity index (χ0v) is 19.5. The van der Waals surface area contributed by atoms with Gasteiger partial charge in [-0.15, -0.1) is 0 Å². The number of hydrogen-bond acceptors (Lipinski definition) is 6. The zero-order chi connectivity index (χ0) is 22.9. The lowest BCUT2D eigenvalue weighted by Crippen LogP contribution is -2.33. The molecule has 2 N–H and O–H groups in total. The largest absolute Gasteiger partial charge is 0.462 e. The molecule has 0 aromatic rings. The van der Waals surface area contributed by atoms with Gasteiger partial charge in [0.05, 0.1) is 16.6 Å². The maximum Gasteiger partial charge on any atom is 0.333 e. The Kier molecular flexibility index (Phi) is 11.9. The molecule has 2 atom stereocenters. The quantitative estimate of drug-likeness (QED) is 0.444. The van der Waals surface area contributed by atoms with Gasteiger partial charge in [0.25, 0.3) is 0 Å². The predicted molar refractivity (Wildman–Crippen MR) is 112 cm³/mol. The summed E-state index contributed by atoms with van der Waals surface area (Å²) in [5, 5.41) is 19.0. The number of carbonyl (C=O) groups is 2. The van der Waals surface area contributed by atoms with Crippen LogP contribution in [-0.2, 0) is 19.1 Å². The third-order valence-corrected chi connectivity index (χ3v) is 3.98. The Bertz CT molecular complexity index is 508. The molecule has 0 saturated heterocycles. The second kappa shape index (κ2) is 11.6. The van der Waals surface area contributed by atoms with Crippen molar-refractivity contribution in [2.75, 3.05) is 0 Å². The monoisotopic (exact) mass is 402 g/mol. The van der Waals surface area contributed by atoms with Crippen molar-refractivity contribution in [3.8, 4) is 0 Å². The zero-order valence-electron chi connectivity index (χ0n) is 19.5. The molecule has 166 valence electrons. The highest BCUT2D eigenvalue weighted by atomic mass is 16.5. The van der Waals surface area contributed by atoms with E-state index >= 15 is 0 Å². The SMILES string of the molecule is C=C(C)C(=O)OC(C)CC(C)(C)O.CCC(C)(C)C(=O)OC(C)CC(C)(C)O. The average Bonchev–Trinajstić information content (AvgIpc) is 2.43. The van der Waals surface area contributed by atoms with E-state index in [0.29, 0.717) is 18.4 Å². The Balaban J connectivity index is 0. The van der Waals surface area contributed by atoms with E-state index in [1.807, 2.05) is 27.7 Å². The van der Waals surface area contributed by atoms with Gasteiger partial charge < -0.3 is 19.7 Å². The van der Waals surface area contributed by atoms with Crippen LogP contribution in [0.15, 0.2) is 12.2 Å². The van der Waals surface area contributed by atoms with Crippen LogP contribution in [0, 0.1) is 5.41 Å². The first-order valence-electron chi connectivity index (χ1n) is 9.83. The molecule has 2 unspecified atom stereocenters. The van der Waals surface area contributed by atoms with E-state index in [2.05, 4.69) is 6.58 Å². The van der Waals surface area contributed by atoms with E-state index in [4.69, 9.17) is 9.47 Å². The Morgan fingerprint density at radius 1 is 0.893 bits per heavy atom. The van der Waals surface area contributed by atoms with Crippen molar-refractivity contribution in [1.82, 2.24) is 0 Å². The van der Waals surface area contributed by atoms with Crippen molar-refractivity contribution in [2.24, 2.45) is 5.41 Å². The van der Waals surface area contributed by atoms with Crippen LogP contribution in [0.1, 0.15) is 88.5 Å². The summed E-state index contributed by atoms with van der Waals surface area (Å²) in [6.07, 6.45) is 1.10. The van der Waals surface area contributed by atoms with E-state index < -0.39 is 22.6 Å². The van der Waals surface area contributed by atoms with Crippen LogP contribution in [0.3, 0.4) is 0 Å². The summed E-state index contributed by atoms with van der Waals surface area (Å²) in [6.45, 7) is 21.1. The summed E-state index contributed by atoms with van der Waals surface area (Å²) in [7, 11) is 0. The summed E-state index contributed by atoms with van der Waals surface area (Å²) >= 11 is 0. The van der Waals surface area contributed by atoms with Crippen LogP contribution in [-0.4, -0.2) is 45.6 Å². The predicted octanol–water partition coefficient (Wildman–Crippen LogP) is 4.17. The Hall–Kier alpha value is -1.40. The highest BCUT2D eigenvalue weighted by molar-refractivity contribution is 5.87. The first-order valence-corrected chi connectivity index (χ1v) is 9.83. The average molecular weight is 403 g/mol. The summed E-state index contributed by atoms with van der Waals surface area (Å²) in [4.78, 5) is 22.7. The molecule has 0 rings (SSSR count). The minimum atomic E-state index is -0.811. The first kappa shape index (κ1) is 28.8. The van der Waals surface area contributed by atoms with Crippen molar-refractivity contribution in [2.45, 2.75) is 112 Å². The smallest absolute Gasteiger partial charge is 0.333 e. The molecule has 0 radical (unpaired) electrons. The lowest BCUT2D eigenvalue weighted by Gasteiger charge is -2.26. The highest BCUT2D eigenvalue weighted by Gasteiger charge is 2.29. The molecule has 0 aliphatic heterocycles. The van der Waals surface area contributed by atoms with Gasteiger partial charge >= 0.3 is 11.9 Å². The summed E-state index contributed by atoms with van der Waals surface area (Å²) < 4.78 is 10.3. The number of rotatable bonds is 9. The molecule has 0 aliphatic rings. The molecule has 0 fully saturated rings. The number of hydrogen-bond donors (Lipinski definition) is 2. The van der Waals surface area contributed by atoms with Gasteiger partial charge in [-0.25, -0.2) is 4.79 Å². The number of esters is 2. The molecule has 0 heterocycles. The van der Waals surface area contributed by atoms with Crippen LogP contribution in [0.5, 0.6) is 0 Å². The molecule has 0 spiro atoms. The molecular weight excluding hydrogens is 360 g/mol. The maximum atomic E-state index is 11.7. The molecule has 6 nitrogen and oxygen atoms in total. The molecule has 0 aromatic heterocycles. The molecule has 28 heavy (non-hydrogen) atoms. The van der Waals surface area contributed by atoms with Crippen molar-refractivity contribution in [3.05, 3.63) is 12.2 Å². The third kappa shape index (κ3) is 15.6.